The van der Waals surface area contributed by atoms with Crippen molar-refractivity contribution in [3.63, 3.8) is 0 Å². The first-order chi connectivity index (χ1) is 12.8. The van der Waals surface area contributed by atoms with E-state index in [1.807, 2.05) is 24.3 Å². The molecule has 0 saturated heterocycles. The lowest BCUT2D eigenvalue weighted by molar-refractivity contribution is -0.118. The highest BCUT2D eigenvalue weighted by Gasteiger charge is 2.24. The summed E-state index contributed by atoms with van der Waals surface area (Å²) >= 11 is 1.53. The van der Waals surface area contributed by atoms with E-state index in [4.69, 9.17) is 4.74 Å². The van der Waals surface area contributed by atoms with Crippen LogP contribution in [0.3, 0.4) is 0 Å². The Bertz CT molecular complexity index is 869. The van der Waals surface area contributed by atoms with Crippen LogP contribution in [-0.2, 0) is 23.1 Å². The van der Waals surface area contributed by atoms with E-state index >= 15 is 0 Å². The van der Waals surface area contributed by atoms with Gasteiger partial charge in [-0.15, -0.1) is 11.3 Å². The number of carbonyl (C=O) groups is 1. The topological polar surface area (TPSA) is 62.1 Å². The number of thiophene rings is 1. The summed E-state index contributed by atoms with van der Waals surface area (Å²) in [6.45, 7) is 8.63. The standard InChI is InChI=1S/C22H26N2O2S/c1-14-5-10-17-18(12-23)21(27-19(17)11-14)24-20(25)13-26-16-8-6-15(7-9-16)22(2,3)4/h6-9,14H,5,10-11,13H2,1-4H3,(H,24,25). The molecule has 1 amide bonds. The summed E-state index contributed by atoms with van der Waals surface area (Å²) in [4.78, 5) is 13.6. The van der Waals surface area contributed by atoms with E-state index in [0.29, 0.717) is 22.2 Å². The van der Waals surface area contributed by atoms with Crippen LogP contribution in [0.2, 0.25) is 0 Å². The summed E-state index contributed by atoms with van der Waals surface area (Å²) in [6.07, 6.45) is 3.00. The zero-order chi connectivity index (χ0) is 19.6. The second kappa shape index (κ2) is 7.74. The highest BCUT2D eigenvalue weighted by Crippen LogP contribution is 2.39. The van der Waals surface area contributed by atoms with Crippen molar-refractivity contribution in [3.8, 4) is 11.8 Å². The molecule has 0 spiro atoms. The fourth-order valence-corrected chi connectivity index (χ4v) is 4.70. The van der Waals surface area contributed by atoms with Crippen molar-refractivity contribution < 1.29 is 9.53 Å². The molecule has 0 bridgehead atoms. The quantitative estimate of drug-likeness (QED) is 0.804. The van der Waals surface area contributed by atoms with E-state index in [9.17, 15) is 10.1 Å². The van der Waals surface area contributed by atoms with Gasteiger partial charge in [-0.2, -0.15) is 5.26 Å². The van der Waals surface area contributed by atoms with Gasteiger partial charge in [-0.05, 0) is 53.9 Å². The summed E-state index contributed by atoms with van der Waals surface area (Å²) in [6, 6.07) is 10.1. The number of amides is 1. The summed E-state index contributed by atoms with van der Waals surface area (Å²) in [5.74, 6) is 1.06. The third-order valence-electron chi connectivity index (χ3n) is 4.97. The maximum Gasteiger partial charge on any atom is 0.262 e. The number of hydrogen-bond acceptors (Lipinski definition) is 4. The molecule has 1 aliphatic rings. The van der Waals surface area contributed by atoms with Gasteiger partial charge in [-0.3, -0.25) is 4.79 Å². The molecule has 1 aromatic carbocycles. The first kappa shape index (κ1) is 19.4. The van der Waals surface area contributed by atoms with Crippen LogP contribution in [0.5, 0.6) is 5.75 Å². The van der Waals surface area contributed by atoms with Gasteiger partial charge in [0, 0.05) is 4.88 Å². The van der Waals surface area contributed by atoms with Crippen molar-refractivity contribution in [2.75, 3.05) is 11.9 Å². The zero-order valence-corrected chi connectivity index (χ0v) is 17.2. The molecule has 1 unspecified atom stereocenters. The number of nitrogens with zero attached hydrogens (tertiary/aromatic N) is 1. The molecule has 27 heavy (non-hydrogen) atoms. The van der Waals surface area contributed by atoms with Crippen LogP contribution in [0.25, 0.3) is 0 Å². The maximum atomic E-state index is 12.3. The van der Waals surface area contributed by atoms with Gasteiger partial charge in [0.25, 0.3) is 5.91 Å². The summed E-state index contributed by atoms with van der Waals surface area (Å²) < 4.78 is 5.61. The van der Waals surface area contributed by atoms with E-state index in [2.05, 4.69) is 39.1 Å². The Morgan fingerprint density at radius 2 is 2.04 bits per heavy atom. The summed E-state index contributed by atoms with van der Waals surface area (Å²) in [5.41, 5.74) is 3.05. The highest BCUT2D eigenvalue weighted by molar-refractivity contribution is 7.16. The lowest BCUT2D eigenvalue weighted by Gasteiger charge is -2.19. The minimum atomic E-state index is -0.238. The van der Waals surface area contributed by atoms with Gasteiger partial charge in [0.05, 0.1) is 5.56 Å². The lowest BCUT2D eigenvalue weighted by atomic mass is 9.87. The molecule has 0 radical (unpaired) electrons. The van der Waals surface area contributed by atoms with Gasteiger partial charge in [-0.25, -0.2) is 0 Å². The Morgan fingerprint density at radius 1 is 1.33 bits per heavy atom. The molecule has 0 fully saturated rings. The van der Waals surface area contributed by atoms with E-state index in [0.717, 1.165) is 24.8 Å². The van der Waals surface area contributed by atoms with Gasteiger partial charge < -0.3 is 10.1 Å². The Labute approximate surface area is 165 Å². The van der Waals surface area contributed by atoms with Gasteiger partial charge in [0.15, 0.2) is 6.61 Å². The smallest absolute Gasteiger partial charge is 0.262 e. The second-order valence-corrected chi connectivity index (χ2v) is 9.38. The minimum absolute atomic E-state index is 0.0707. The van der Waals surface area contributed by atoms with Crippen LogP contribution in [-0.4, -0.2) is 12.5 Å². The number of carbonyl (C=O) groups excluding carboxylic acids is 1. The van der Waals surface area contributed by atoms with Crippen LogP contribution in [0.15, 0.2) is 24.3 Å². The SMILES string of the molecule is CC1CCc2c(sc(NC(=O)COc3ccc(C(C)(C)C)cc3)c2C#N)C1. The van der Waals surface area contributed by atoms with Crippen LogP contribution >= 0.6 is 11.3 Å². The van der Waals surface area contributed by atoms with Crippen LogP contribution in [0, 0.1) is 17.2 Å². The fraction of sp³-hybridized carbons (Fsp3) is 0.455. The molecule has 1 heterocycles. The third-order valence-corrected chi connectivity index (χ3v) is 6.14. The number of ether oxygens (including phenoxy) is 1. The molecule has 4 nitrogen and oxygen atoms in total. The van der Waals surface area contributed by atoms with E-state index < -0.39 is 0 Å². The van der Waals surface area contributed by atoms with Gasteiger partial charge in [-0.1, -0.05) is 39.8 Å². The molecule has 0 saturated carbocycles. The molecule has 1 atom stereocenters. The average molecular weight is 383 g/mol. The number of nitriles is 1. The Kier molecular flexibility index (Phi) is 5.57. The number of anilines is 1. The van der Waals surface area contributed by atoms with Crippen molar-refractivity contribution in [1.29, 1.82) is 5.26 Å². The van der Waals surface area contributed by atoms with Crippen LogP contribution in [0.1, 0.15) is 55.7 Å². The predicted octanol–water partition coefficient (Wildman–Crippen LogP) is 5.06. The Balaban J connectivity index is 1.62. The number of fused-ring (bicyclic) bond motifs is 1. The molecule has 5 heteroatoms. The largest absolute Gasteiger partial charge is 0.484 e. The monoisotopic (exact) mass is 382 g/mol. The molecule has 1 N–H and O–H groups in total. The molecule has 2 aromatic rings. The first-order valence-corrected chi connectivity index (χ1v) is 10.2. The summed E-state index contributed by atoms with van der Waals surface area (Å²) in [5, 5.41) is 13.0. The molecule has 3 rings (SSSR count). The van der Waals surface area contributed by atoms with E-state index in [1.54, 1.807) is 0 Å². The van der Waals surface area contributed by atoms with Crippen molar-refractivity contribution >= 4 is 22.2 Å². The van der Waals surface area contributed by atoms with E-state index in [-0.39, 0.29) is 17.9 Å². The minimum Gasteiger partial charge on any atom is -0.484 e. The van der Waals surface area contributed by atoms with Crippen molar-refractivity contribution in [2.24, 2.45) is 5.92 Å². The van der Waals surface area contributed by atoms with Crippen molar-refractivity contribution in [3.05, 3.63) is 45.8 Å². The fourth-order valence-electron chi connectivity index (χ4n) is 3.32. The Hall–Kier alpha value is -2.32. The zero-order valence-electron chi connectivity index (χ0n) is 16.4. The maximum absolute atomic E-state index is 12.3. The molecule has 142 valence electrons. The molecule has 1 aromatic heterocycles. The lowest BCUT2D eigenvalue weighted by Crippen LogP contribution is -2.20. The Morgan fingerprint density at radius 3 is 2.67 bits per heavy atom. The molecule has 0 aliphatic heterocycles. The predicted molar refractivity (Wildman–Crippen MR) is 109 cm³/mol. The third kappa shape index (κ3) is 4.51. The molecule has 1 aliphatic carbocycles. The van der Waals surface area contributed by atoms with Crippen LogP contribution in [0.4, 0.5) is 5.00 Å². The molecular weight excluding hydrogens is 356 g/mol. The number of nitrogens with one attached hydrogen (secondary N) is 1. The number of hydrogen-bond donors (Lipinski definition) is 1. The van der Waals surface area contributed by atoms with Crippen molar-refractivity contribution in [2.45, 2.75) is 52.4 Å². The van der Waals surface area contributed by atoms with Gasteiger partial charge in [0.1, 0.15) is 16.8 Å². The highest BCUT2D eigenvalue weighted by atomic mass is 32.1. The number of benzene rings is 1. The van der Waals surface area contributed by atoms with Gasteiger partial charge >= 0.3 is 0 Å². The van der Waals surface area contributed by atoms with Crippen LogP contribution < -0.4 is 10.1 Å². The second-order valence-electron chi connectivity index (χ2n) is 8.28. The summed E-state index contributed by atoms with van der Waals surface area (Å²) in [7, 11) is 0. The normalized spacial score (nSPS) is 16.3. The van der Waals surface area contributed by atoms with Crippen molar-refractivity contribution in [1.82, 2.24) is 0 Å². The van der Waals surface area contributed by atoms with E-state index in [1.165, 1.54) is 21.8 Å². The van der Waals surface area contributed by atoms with Gasteiger partial charge in [0.2, 0.25) is 0 Å². The average Bonchev–Trinajstić information content (AvgIpc) is 2.95. The molecular formula is C22H26N2O2S. The first-order valence-electron chi connectivity index (χ1n) is 9.35. The number of rotatable bonds is 4.